The minimum absolute atomic E-state index is 0.0587. The second-order valence-corrected chi connectivity index (χ2v) is 12.1. The molecule has 3 aromatic rings. The predicted molar refractivity (Wildman–Crippen MR) is 160 cm³/mol. The van der Waals surface area contributed by atoms with E-state index in [4.69, 9.17) is 4.98 Å². The summed E-state index contributed by atoms with van der Waals surface area (Å²) in [7, 11) is 0. The van der Waals surface area contributed by atoms with Crippen LogP contribution in [0.4, 0.5) is 0 Å². The van der Waals surface area contributed by atoms with Crippen molar-refractivity contribution >= 4 is 16.8 Å². The molecule has 2 saturated heterocycles. The number of para-hydroxylation sites is 1. The second-order valence-electron chi connectivity index (χ2n) is 12.1. The first-order valence-electron chi connectivity index (χ1n) is 15.4. The Morgan fingerprint density at radius 1 is 0.872 bits per heavy atom. The molecule has 39 heavy (non-hydrogen) atoms. The molecule has 1 atom stereocenters. The summed E-state index contributed by atoms with van der Waals surface area (Å²) < 4.78 is 0. The third-order valence-electron chi connectivity index (χ3n) is 9.58. The first-order valence-corrected chi connectivity index (χ1v) is 15.4. The number of fused-ring (bicyclic) bond motifs is 1. The Bertz CT molecular complexity index is 1250. The molecule has 1 saturated carbocycles. The number of pyridine rings is 1. The topological polar surface area (TPSA) is 48.5 Å². The SMILES string of the molecule is C[C@H](NC(=O)c1c(CN2CCC(N3CCCCC3)CC2)c(-c2ccccc2)nc2ccccc12)C1CCCC1. The van der Waals surface area contributed by atoms with Crippen LogP contribution in [-0.4, -0.2) is 59.0 Å². The number of rotatable bonds is 7. The molecule has 0 spiro atoms. The standard InChI is InChI=1S/C34H44N4O/c1-25(26-12-6-7-13-26)35-34(39)32-29-16-8-9-17-31(29)36-33(27-14-4-2-5-15-27)30(32)24-37-22-18-28(19-23-37)38-20-10-3-11-21-38/h2,4-5,8-9,14-17,25-26,28H,3,6-7,10-13,18-24H2,1H3,(H,35,39)/t25-/m0/s1. The summed E-state index contributed by atoms with van der Waals surface area (Å²) >= 11 is 0. The van der Waals surface area contributed by atoms with Crippen LogP contribution < -0.4 is 5.32 Å². The zero-order valence-corrected chi connectivity index (χ0v) is 23.6. The second kappa shape index (κ2) is 12.2. The summed E-state index contributed by atoms with van der Waals surface area (Å²) in [6.07, 6.45) is 11.5. The molecule has 0 radical (unpaired) electrons. The van der Waals surface area contributed by atoms with Crippen molar-refractivity contribution in [3.8, 4) is 11.3 Å². The third kappa shape index (κ3) is 5.90. The van der Waals surface area contributed by atoms with Crippen molar-refractivity contribution in [2.24, 2.45) is 5.92 Å². The zero-order valence-electron chi connectivity index (χ0n) is 23.6. The number of hydrogen-bond acceptors (Lipinski definition) is 4. The van der Waals surface area contributed by atoms with Gasteiger partial charge in [0.2, 0.25) is 0 Å². The Morgan fingerprint density at radius 3 is 2.31 bits per heavy atom. The van der Waals surface area contributed by atoms with Crippen molar-refractivity contribution in [3.63, 3.8) is 0 Å². The molecule has 6 rings (SSSR count). The molecule has 0 unspecified atom stereocenters. The summed E-state index contributed by atoms with van der Waals surface area (Å²) in [5.41, 5.74) is 4.82. The van der Waals surface area contributed by atoms with Crippen LogP contribution >= 0.6 is 0 Å². The smallest absolute Gasteiger partial charge is 0.252 e. The van der Waals surface area contributed by atoms with Crippen LogP contribution in [0.1, 0.15) is 80.6 Å². The van der Waals surface area contributed by atoms with Crippen molar-refractivity contribution in [3.05, 3.63) is 65.7 Å². The van der Waals surface area contributed by atoms with Gasteiger partial charge < -0.3 is 10.2 Å². The van der Waals surface area contributed by atoms with Crippen LogP contribution in [0.5, 0.6) is 0 Å². The van der Waals surface area contributed by atoms with Crippen molar-refractivity contribution in [1.29, 1.82) is 0 Å². The quantitative estimate of drug-likeness (QED) is 0.375. The highest BCUT2D eigenvalue weighted by atomic mass is 16.1. The van der Waals surface area contributed by atoms with E-state index in [-0.39, 0.29) is 11.9 Å². The van der Waals surface area contributed by atoms with Crippen molar-refractivity contribution in [2.75, 3.05) is 26.2 Å². The number of carbonyl (C=O) groups excluding carboxylic acids is 1. The van der Waals surface area contributed by atoms with Crippen molar-refractivity contribution in [2.45, 2.75) is 83.3 Å². The van der Waals surface area contributed by atoms with Crippen LogP contribution in [0.25, 0.3) is 22.2 Å². The van der Waals surface area contributed by atoms with E-state index < -0.39 is 0 Å². The number of carbonyl (C=O) groups is 1. The van der Waals surface area contributed by atoms with Gasteiger partial charge in [-0.15, -0.1) is 0 Å². The largest absolute Gasteiger partial charge is 0.349 e. The number of aromatic nitrogens is 1. The fraction of sp³-hybridized carbons (Fsp3) is 0.529. The first kappa shape index (κ1) is 26.5. The normalized spacial score (nSPS) is 20.8. The average molecular weight is 525 g/mol. The third-order valence-corrected chi connectivity index (χ3v) is 9.58. The summed E-state index contributed by atoms with van der Waals surface area (Å²) in [5.74, 6) is 0.635. The molecule has 0 bridgehead atoms. The van der Waals surface area contributed by atoms with Gasteiger partial charge in [0, 0.05) is 35.1 Å². The molecule has 2 aliphatic heterocycles. The highest BCUT2D eigenvalue weighted by Crippen LogP contribution is 2.33. The molecule has 3 fully saturated rings. The monoisotopic (exact) mass is 524 g/mol. The lowest BCUT2D eigenvalue weighted by atomic mass is 9.93. The number of amides is 1. The number of benzene rings is 2. The molecule has 206 valence electrons. The number of nitrogens with zero attached hydrogens (tertiary/aromatic N) is 3. The number of likely N-dealkylation sites (tertiary alicyclic amines) is 2. The van der Waals surface area contributed by atoms with E-state index in [1.165, 1.54) is 70.9 Å². The van der Waals surface area contributed by atoms with E-state index in [0.29, 0.717) is 12.0 Å². The predicted octanol–water partition coefficient (Wildman–Crippen LogP) is 6.66. The summed E-state index contributed by atoms with van der Waals surface area (Å²) in [4.78, 5) is 24.6. The molecular weight excluding hydrogens is 480 g/mol. The maximum absolute atomic E-state index is 14.2. The molecule has 5 heteroatoms. The molecule has 1 aromatic heterocycles. The molecule has 1 aliphatic carbocycles. The maximum atomic E-state index is 14.2. The van der Waals surface area contributed by atoms with Gasteiger partial charge >= 0.3 is 0 Å². The van der Waals surface area contributed by atoms with Gasteiger partial charge in [-0.2, -0.15) is 0 Å². The van der Waals surface area contributed by atoms with Gasteiger partial charge in [-0.05, 0) is 83.6 Å². The van der Waals surface area contributed by atoms with Crippen LogP contribution in [0.2, 0.25) is 0 Å². The lowest BCUT2D eigenvalue weighted by molar-refractivity contribution is 0.0881. The molecule has 2 aromatic carbocycles. The Kier molecular flexibility index (Phi) is 8.26. The van der Waals surface area contributed by atoms with E-state index in [2.05, 4.69) is 52.4 Å². The number of nitrogens with one attached hydrogen (secondary N) is 1. The maximum Gasteiger partial charge on any atom is 0.252 e. The van der Waals surface area contributed by atoms with Gasteiger partial charge in [0.1, 0.15) is 0 Å². The highest BCUT2D eigenvalue weighted by Gasteiger charge is 2.30. The molecular formula is C34H44N4O. The molecule has 3 aliphatic rings. The van der Waals surface area contributed by atoms with Gasteiger partial charge in [-0.3, -0.25) is 9.69 Å². The molecule has 1 N–H and O–H groups in total. The summed E-state index contributed by atoms with van der Waals surface area (Å²) in [6, 6.07) is 19.5. The summed E-state index contributed by atoms with van der Waals surface area (Å²) in [5, 5.41) is 4.41. The van der Waals surface area contributed by atoms with Crippen LogP contribution in [0, 0.1) is 5.92 Å². The van der Waals surface area contributed by atoms with Crippen LogP contribution in [0.3, 0.4) is 0 Å². The zero-order chi connectivity index (χ0) is 26.6. The Balaban J connectivity index is 1.34. The highest BCUT2D eigenvalue weighted by molar-refractivity contribution is 6.09. The van der Waals surface area contributed by atoms with Crippen LogP contribution in [-0.2, 0) is 6.54 Å². The van der Waals surface area contributed by atoms with Gasteiger partial charge in [0.05, 0.1) is 16.8 Å². The van der Waals surface area contributed by atoms with E-state index in [0.717, 1.165) is 52.9 Å². The van der Waals surface area contributed by atoms with E-state index in [9.17, 15) is 4.79 Å². The fourth-order valence-corrected chi connectivity index (χ4v) is 7.30. The lowest BCUT2D eigenvalue weighted by Crippen LogP contribution is -2.46. The first-order chi connectivity index (χ1) is 19.2. The van der Waals surface area contributed by atoms with Crippen LogP contribution in [0.15, 0.2) is 54.6 Å². The van der Waals surface area contributed by atoms with Gasteiger partial charge in [-0.1, -0.05) is 67.8 Å². The Hall–Kier alpha value is -2.76. The molecule has 1 amide bonds. The van der Waals surface area contributed by atoms with E-state index in [1.54, 1.807) is 0 Å². The minimum Gasteiger partial charge on any atom is -0.349 e. The minimum atomic E-state index is 0.0587. The lowest BCUT2D eigenvalue weighted by Gasteiger charge is -2.40. The van der Waals surface area contributed by atoms with Gasteiger partial charge in [-0.25, -0.2) is 4.98 Å². The van der Waals surface area contributed by atoms with E-state index in [1.807, 2.05) is 24.3 Å². The van der Waals surface area contributed by atoms with Gasteiger partial charge in [0.15, 0.2) is 0 Å². The van der Waals surface area contributed by atoms with Crippen molar-refractivity contribution < 1.29 is 4.79 Å². The van der Waals surface area contributed by atoms with E-state index >= 15 is 0 Å². The summed E-state index contributed by atoms with van der Waals surface area (Å²) in [6.45, 7) is 7.63. The Labute approximate surface area is 234 Å². The number of piperidine rings is 2. The van der Waals surface area contributed by atoms with Crippen molar-refractivity contribution in [1.82, 2.24) is 20.1 Å². The number of hydrogen-bond donors (Lipinski definition) is 1. The Morgan fingerprint density at radius 2 is 1.56 bits per heavy atom. The average Bonchev–Trinajstić information content (AvgIpc) is 3.54. The van der Waals surface area contributed by atoms with Gasteiger partial charge in [0.25, 0.3) is 5.91 Å². The molecule has 5 nitrogen and oxygen atoms in total. The molecule has 3 heterocycles. The fourth-order valence-electron chi connectivity index (χ4n) is 7.30.